The maximum atomic E-state index is 10.1. The number of hydrogen-bond acceptors (Lipinski definition) is 2. The summed E-state index contributed by atoms with van der Waals surface area (Å²) in [7, 11) is 3.45. The highest BCUT2D eigenvalue weighted by Gasteiger charge is 1.87. The Bertz CT molecular complexity index is 90.1. The van der Waals surface area contributed by atoms with E-state index in [9.17, 15) is 4.79 Å². The normalized spacial score (nSPS) is 8.09. The van der Waals surface area contributed by atoms with E-state index >= 15 is 0 Å². The summed E-state index contributed by atoms with van der Waals surface area (Å²) in [6, 6.07) is 0. The van der Waals surface area contributed by atoms with E-state index in [1.807, 2.05) is 13.8 Å². The van der Waals surface area contributed by atoms with Crippen LogP contribution in [0.4, 0.5) is 0 Å². The zero-order valence-corrected chi connectivity index (χ0v) is 8.18. The van der Waals surface area contributed by atoms with Crippen molar-refractivity contribution in [3.8, 4) is 0 Å². The van der Waals surface area contributed by atoms with Crippen molar-refractivity contribution in [3.05, 3.63) is 0 Å². The molecular weight excluding hydrogens is 142 g/mol. The van der Waals surface area contributed by atoms with Gasteiger partial charge in [0.25, 0.3) is 0 Å². The summed E-state index contributed by atoms with van der Waals surface area (Å²) in [4.78, 5) is 11.6. The van der Waals surface area contributed by atoms with Crippen LogP contribution < -0.4 is 0 Å². The largest absolute Gasteiger partial charge is 0.382 e. The molecule has 1 amide bonds. The Hall–Kier alpha value is -0.570. The van der Waals surface area contributed by atoms with Crippen molar-refractivity contribution in [3.63, 3.8) is 0 Å². The first-order valence-corrected chi connectivity index (χ1v) is 3.81. The fourth-order valence-corrected chi connectivity index (χ4v) is 0.204. The average molecular weight is 161 g/mol. The first kappa shape index (κ1) is 13.1. The Balaban J connectivity index is 0. The van der Waals surface area contributed by atoms with Crippen LogP contribution >= 0.6 is 0 Å². The number of carbonyl (C=O) groups is 1. The lowest BCUT2D eigenvalue weighted by Crippen LogP contribution is -2.17. The molecule has 0 aliphatic heterocycles. The lowest BCUT2D eigenvalue weighted by molar-refractivity contribution is -0.126. The van der Waals surface area contributed by atoms with Gasteiger partial charge in [0.2, 0.25) is 5.91 Å². The van der Waals surface area contributed by atoms with Gasteiger partial charge in [-0.1, -0.05) is 0 Å². The third kappa shape index (κ3) is 17.7. The second kappa shape index (κ2) is 9.43. The number of hydrogen-bond donors (Lipinski definition) is 0. The molecule has 0 spiro atoms. The first-order valence-electron chi connectivity index (χ1n) is 3.81. The Morgan fingerprint density at radius 3 is 1.55 bits per heavy atom. The van der Waals surface area contributed by atoms with Crippen molar-refractivity contribution < 1.29 is 9.53 Å². The van der Waals surface area contributed by atoms with E-state index in [2.05, 4.69) is 0 Å². The smallest absolute Gasteiger partial charge is 0.218 e. The van der Waals surface area contributed by atoms with Crippen LogP contribution in [-0.4, -0.2) is 38.1 Å². The summed E-state index contributed by atoms with van der Waals surface area (Å²) in [5, 5.41) is 0. The van der Waals surface area contributed by atoms with E-state index in [1.165, 1.54) is 11.8 Å². The molecule has 0 heterocycles. The van der Waals surface area contributed by atoms with Gasteiger partial charge in [-0.3, -0.25) is 4.79 Å². The quantitative estimate of drug-likeness (QED) is 0.607. The molecule has 11 heavy (non-hydrogen) atoms. The molecule has 0 bridgehead atoms. The number of nitrogens with zero attached hydrogens (tertiary/aromatic N) is 1. The molecule has 0 atom stereocenters. The number of carbonyl (C=O) groups excluding carboxylic acids is 1. The van der Waals surface area contributed by atoms with Crippen molar-refractivity contribution in [1.82, 2.24) is 4.90 Å². The van der Waals surface area contributed by atoms with E-state index in [1.54, 1.807) is 14.1 Å². The lowest BCUT2D eigenvalue weighted by Gasteiger charge is -2.02. The molecular formula is C8H19NO2. The molecule has 0 aliphatic rings. The molecule has 0 aromatic heterocycles. The predicted octanol–water partition coefficient (Wildman–Crippen LogP) is 1.14. The van der Waals surface area contributed by atoms with Gasteiger partial charge in [-0.2, -0.15) is 0 Å². The van der Waals surface area contributed by atoms with Crippen molar-refractivity contribution in [2.24, 2.45) is 0 Å². The summed E-state index contributed by atoms with van der Waals surface area (Å²) >= 11 is 0. The molecule has 3 heteroatoms. The van der Waals surface area contributed by atoms with E-state index in [4.69, 9.17) is 4.74 Å². The monoisotopic (exact) mass is 161 g/mol. The minimum absolute atomic E-state index is 0.0926. The van der Waals surface area contributed by atoms with Crippen LogP contribution in [0.5, 0.6) is 0 Å². The van der Waals surface area contributed by atoms with Gasteiger partial charge >= 0.3 is 0 Å². The topological polar surface area (TPSA) is 29.5 Å². The van der Waals surface area contributed by atoms with Crippen LogP contribution in [0.1, 0.15) is 20.8 Å². The molecule has 0 aromatic carbocycles. The molecule has 0 aromatic rings. The van der Waals surface area contributed by atoms with Gasteiger partial charge in [0, 0.05) is 34.2 Å². The van der Waals surface area contributed by atoms with Crippen molar-refractivity contribution in [1.29, 1.82) is 0 Å². The Kier molecular flexibility index (Phi) is 11.2. The van der Waals surface area contributed by atoms with Crippen LogP contribution in [0.15, 0.2) is 0 Å². The SMILES string of the molecule is CC(=O)N(C)C.CCOCC. The molecule has 0 N–H and O–H groups in total. The van der Waals surface area contributed by atoms with Crippen LogP contribution in [0.2, 0.25) is 0 Å². The fraction of sp³-hybridized carbons (Fsp3) is 0.875. The third-order valence-corrected chi connectivity index (χ3v) is 1.04. The minimum Gasteiger partial charge on any atom is -0.382 e. The van der Waals surface area contributed by atoms with Gasteiger partial charge in [-0.25, -0.2) is 0 Å². The summed E-state index contributed by atoms with van der Waals surface area (Å²) in [6.45, 7) is 7.19. The average Bonchev–Trinajstić information content (AvgIpc) is 1.90. The van der Waals surface area contributed by atoms with E-state index in [-0.39, 0.29) is 5.91 Å². The highest BCUT2D eigenvalue weighted by molar-refractivity contribution is 5.72. The predicted molar refractivity (Wildman–Crippen MR) is 46.5 cm³/mol. The molecule has 68 valence electrons. The van der Waals surface area contributed by atoms with Crippen LogP contribution in [0.3, 0.4) is 0 Å². The molecule has 3 nitrogen and oxygen atoms in total. The number of amides is 1. The Morgan fingerprint density at radius 1 is 1.27 bits per heavy atom. The summed E-state index contributed by atoms with van der Waals surface area (Å²) in [5.41, 5.74) is 0. The molecule has 0 aliphatic carbocycles. The standard InChI is InChI=1S/C4H9NO.C4H10O/c1-4(6)5(2)3;1-3-5-4-2/h1-3H3;3-4H2,1-2H3. The molecule has 0 rings (SSSR count). The molecule has 0 saturated heterocycles. The van der Waals surface area contributed by atoms with Crippen molar-refractivity contribution >= 4 is 5.91 Å². The molecule has 0 fully saturated rings. The van der Waals surface area contributed by atoms with E-state index in [0.717, 1.165) is 13.2 Å². The highest BCUT2D eigenvalue weighted by Crippen LogP contribution is 1.69. The maximum absolute atomic E-state index is 10.1. The lowest BCUT2D eigenvalue weighted by atomic mass is 10.7. The van der Waals surface area contributed by atoms with Crippen molar-refractivity contribution in [2.75, 3.05) is 27.3 Å². The number of ether oxygens (including phenoxy) is 1. The van der Waals surface area contributed by atoms with Gasteiger partial charge in [0.05, 0.1) is 0 Å². The minimum atomic E-state index is 0.0926. The third-order valence-electron chi connectivity index (χ3n) is 1.04. The van der Waals surface area contributed by atoms with E-state index < -0.39 is 0 Å². The molecule has 0 unspecified atom stereocenters. The van der Waals surface area contributed by atoms with Crippen LogP contribution in [0, 0.1) is 0 Å². The van der Waals surface area contributed by atoms with Gasteiger partial charge in [-0.15, -0.1) is 0 Å². The van der Waals surface area contributed by atoms with Gasteiger partial charge in [0.1, 0.15) is 0 Å². The van der Waals surface area contributed by atoms with Crippen LogP contribution in [0.25, 0.3) is 0 Å². The highest BCUT2D eigenvalue weighted by atomic mass is 16.5. The zero-order chi connectivity index (χ0) is 9.28. The number of rotatable bonds is 2. The Morgan fingerprint density at radius 2 is 1.55 bits per heavy atom. The second-order valence-corrected chi connectivity index (χ2v) is 2.19. The first-order chi connectivity index (χ1) is 5.06. The Labute approximate surface area is 69.3 Å². The zero-order valence-electron chi connectivity index (χ0n) is 8.18. The van der Waals surface area contributed by atoms with Gasteiger partial charge in [0.15, 0.2) is 0 Å². The second-order valence-electron chi connectivity index (χ2n) is 2.19. The van der Waals surface area contributed by atoms with E-state index in [0.29, 0.717) is 0 Å². The summed E-state index contributed by atoms with van der Waals surface area (Å²) in [5.74, 6) is 0.0926. The maximum Gasteiger partial charge on any atom is 0.218 e. The summed E-state index contributed by atoms with van der Waals surface area (Å²) in [6.07, 6.45) is 0. The molecule has 0 saturated carbocycles. The van der Waals surface area contributed by atoms with Gasteiger partial charge in [-0.05, 0) is 13.8 Å². The fourth-order valence-electron chi connectivity index (χ4n) is 0.204. The van der Waals surface area contributed by atoms with Crippen molar-refractivity contribution in [2.45, 2.75) is 20.8 Å². The van der Waals surface area contributed by atoms with Crippen LogP contribution in [-0.2, 0) is 9.53 Å². The van der Waals surface area contributed by atoms with Gasteiger partial charge < -0.3 is 9.64 Å². The summed E-state index contributed by atoms with van der Waals surface area (Å²) < 4.78 is 4.83. The molecule has 0 radical (unpaired) electrons.